The zero-order chi connectivity index (χ0) is 19.2. The molecule has 0 saturated carbocycles. The van der Waals surface area contributed by atoms with Crippen LogP contribution < -0.4 is 5.32 Å². The van der Waals surface area contributed by atoms with Crippen LogP contribution in [0.1, 0.15) is 59.8 Å². The van der Waals surface area contributed by atoms with Gasteiger partial charge in [0, 0.05) is 12.2 Å². The molecule has 2 rings (SSSR count). The summed E-state index contributed by atoms with van der Waals surface area (Å²) in [4.78, 5) is 12.7. The zero-order valence-electron chi connectivity index (χ0n) is 15.8. The molecule has 1 atom stereocenters. The van der Waals surface area contributed by atoms with Gasteiger partial charge in [-0.2, -0.15) is 0 Å². The molecule has 0 fully saturated rings. The molecule has 3 N–H and O–H groups in total. The summed E-state index contributed by atoms with van der Waals surface area (Å²) in [6, 6.07) is 15.2. The summed E-state index contributed by atoms with van der Waals surface area (Å²) in [6.45, 7) is 5.59. The average Bonchev–Trinajstić information content (AvgIpc) is 2.60. The molecular weight excluding hydrogens is 326 g/mol. The minimum Gasteiger partial charge on any atom is -0.396 e. The van der Waals surface area contributed by atoms with E-state index in [9.17, 15) is 15.0 Å². The second kappa shape index (κ2) is 8.97. The highest BCUT2D eigenvalue weighted by atomic mass is 16.3. The third kappa shape index (κ3) is 6.28. The third-order valence-corrected chi connectivity index (χ3v) is 4.42. The first-order chi connectivity index (χ1) is 12.3. The Morgan fingerprint density at radius 2 is 1.85 bits per heavy atom. The van der Waals surface area contributed by atoms with Gasteiger partial charge < -0.3 is 15.5 Å². The fourth-order valence-corrected chi connectivity index (χ4v) is 2.81. The van der Waals surface area contributed by atoms with Crippen LogP contribution in [0.4, 0.5) is 0 Å². The molecule has 0 aliphatic heterocycles. The molecule has 1 amide bonds. The maximum atomic E-state index is 12.7. The number of rotatable bonds is 8. The van der Waals surface area contributed by atoms with E-state index in [0.717, 1.165) is 16.7 Å². The van der Waals surface area contributed by atoms with E-state index >= 15 is 0 Å². The predicted octanol–water partition coefficient (Wildman–Crippen LogP) is 3.55. The van der Waals surface area contributed by atoms with E-state index in [1.807, 2.05) is 49.4 Å². The number of carbonyl (C=O) groups is 1. The SMILES string of the molecule is Cc1ccc([C@H](CCO)NC(=O)c2cccc(CCC(C)(C)O)c2)cc1. The number of aliphatic hydroxyl groups is 2. The summed E-state index contributed by atoms with van der Waals surface area (Å²) >= 11 is 0. The van der Waals surface area contributed by atoms with E-state index in [2.05, 4.69) is 5.32 Å². The van der Waals surface area contributed by atoms with Gasteiger partial charge in [-0.1, -0.05) is 42.0 Å². The van der Waals surface area contributed by atoms with Gasteiger partial charge in [-0.05, 0) is 63.3 Å². The van der Waals surface area contributed by atoms with Gasteiger partial charge in [0.1, 0.15) is 0 Å². The maximum absolute atomic E-state index is 12.7. The van der Waals surface area contributed by atoms with E-state index in [1.54, 1.807) is 19.9 Å². The lowest BCUT2D eigenvalue weighted by atomic mass is 9.97. The van der Waals surface area contributed by atoms with Crippen LogP contribution in [0.5, 0.6) is 0 Å². The number of amides is 1. The zero-order valence-corrected chi connectivity index (χ0v) is 15.8. The van der Waals surface area contributed by atoms with Gasteiger partial charge in [-0.3, -0.25) is 4.79 Å². The van der Waals surface area contributed by atoms with Crippen molar-refractivity contribution in [3.8, 4) is 0 Å². The van der Waals surface area contributed by atoms with Gasteiger partial charge in [0.15, 0.2) is 0 Å². The Bertz CT molecular complexity index is 717. The molecule has 0 saturated heterocycles. The van der Waals surface area contributed by atoms with Crippen LogP contribution in [0.25, 0.3) is 0 Å². The number of aliphatic hydroxyl groups excluding tert-OH is 1. The molecule has 2 aromatic rings. The van der Waals surface area contributed by atoms with E-state index in [-0.39, 0.29) is 18.6 Å². The fraction of sp³-hybridized carbons (Fsp3) is 0.409. The molecule has 4 heteroatoms. The standard InChI is InChI=1S/C22H29NO3/c1-16-7-9-18(10-8-16)20(12-14-24)23-21(25)19-6-4-5-17(15-19)11-13-22(2,3)26/h4-10,15,20,24,26H,11-14H2,1-3H3,(H,23,25)/t20-/m0/s1. The smallest absolute Gasteiger partial charge is 0.251 e. The molecule has 2 aromatic carbocycles. The molecule has 0 radical (unpaired) electrons. The van der Waals surface area contributed by atoms with Gasteiger partial charge in [-0.15, -0.1) is 0 Å². The molecule has 0 aliphatic carbocycles. The minimum absolute atomic E-state index is 0.00441. The quantitative estimate of drug-likeness (QED) is 0.678. The maximum Gasteiger partial charge on any atom is 0.251 e. The first-order valence-corrected chi connectivity index (χ1v) is 9.08. The van der Waals surface area contributed by atoms with Crippen molar-refractivity contribution in [1.29, 1.82) is 0 Å². The highest BCUT2D eigenvalue weighted by Gasteiger charge is 2.16. The molecule has 0 heterocycles. The Morgan fingerprint density at radius 3 is 2.46 bits per heavy atom. The largest absolute Gasteiger partial charge is 0.396 e. The summed E-state index contributed by atoms with van der Waals surface area (Å²) in [7, 11) is 0. The Morgan fingerprint density at radius 1 is 1.15 bits per heavy atom. The Balaban J connectivity index is 2.10. The first-order valence-electron chi connectivity index (χ1n) is 9.08. The monoisotopic (exact) mass is 355 g/mol. The predicted molar refractivity (Wildman–Crippen MR) is 104 cm³/mol. The van der Waals surface area contributed by atoms with Crippen LogP contribution in [0.2, 0.25) is 0 Å². The second-order valence-corrected chi connectivity index (χ2v) is 7.46. The number of benzene rings is 2. The van der Waals surface area contributed by atoms with E-state index in [1.165, 1.54) is 0 Å². The van der Waals surface area contributed by atoms with Gasteiger partial charge in [0.05, 0.1) is 11.6 Å². The molecule has 0 aliphatic rings. The van der Waals surface area contributed by atoms with Crippen LogP contribution in [0.3, 0.4) is 0 Å². The van der Waals surface area contributed by atoms with E-state index in [0.29, 0.717) is 24.8 Å². The summed E-state index contributed by atoms with van der Waals surface area (Å²) in [6.07, 6.45) is 1.81. The topological polar surface area (TPSA) is 69.6 Å². The highest BCUT2D eigenvalue weighted by molar-refractivity contribution is 5.94. The van der Waals surface area contributed by atoms with Crippen molar-refractivity contribution in [1.82, 2.24) is 5.32 Å². The van der Waals surface area contributed by atoms with Crippen LogP contribution >= 0.6 is 0 Å². The summed E-state index contributed by atoms with van der Waals surface area (Å²) in [5.74, 6) is -0.158. The Hall–Kier alpha value is -2.17. The van der Waals surface area contributed by atoms with E-state index < -0.39 is 5.60 Å². The van der Waals surface area contributed by atoms with Crippen LogP contribution in [0.15, 0.2) is 48.5 Å². The third-order valence-electron chi connectivity index (χ3n) is 4.42. The molecular formula is C22H29NO3. The Kier molecular flexibility index (Phi) is 6.95. The number of aryl methyl sites for hydroxylation is 2. The van der Waals surface area contributed by atoms with Crippen molar-refractivity contribution in [3.05, 3.63) is 70.8 Å². The van der Waals surface area contributed by atoms with Crippen LogP contribution in [-0.2, 0) is 6.42 Å². The number of nitrogens with one attached hydrogen (secondary N) is 1. The lowest BCUT2D eigenvalue weighted by Gasteiger charge is -2.19. The van der Waals surface area contributed by atoms with Gasteiger partial charge in [0.25, 0.3) is 5.91 Å². The first kappa shape index (κ1) is 20.1. The molecule has 26 heavy (non-hydrogen) atoms. The molecule has 0 unspecified atom stereocenters. The Labute approximate surface area is 155 Å². The van der Waals surface area contributed by atoms with Crippen molar-refractivity contribution in [2.75, 3.05) is 6.61 Å². The lowest BCUT2D eigenvalue weighted by Crippen LogP contribution is -2.29. The summed E-state index contributed by atoms with van der Waals surface area (Å²) in [5.41, 5.74) is 3.02. The van der Waals surface area contributed by atoms with Crippen LogP contribution in [0, 0.1) is 6.92 Å². The van der Waals surface area contributed by atoms with Crippen LogP contribution in [-0.4, -0.2) is 28.3 Å². The molecule has 0 aromatic heterocycles. The highest BCUT2D eigenvalue weighted by Crippen LogP contribution is 2.19. The molecule has 0 spiro atoms. The average molecular weight is 355 g/mol. The van der Waals surface area contributed by atoms with Crippen molar-refractivity contribution in [2.45, 2.75) is 51.7 Å². The summed E-state index contributed by atoms with van der Waals surface area (Å²) in [5, 5.41) is 22.3. The minimum atomic E-state index is -0.726. The van der Waals surface area contributed by atoms with Crippen molar-refractivity contribution in [3.63, 3.8) is 0 Å². The van der Waals surface area contributed by atoms with Crippen molar-refractivity contribution < 1.29 is 15.0 Å². The van der Waals surface area contributed by atoms with Crippen molar-refractivity contribution in [2.24, 2.45) is 0 Å². The second-order valence-electron chi connectivity index (χ2n) is 7.46. The molecule has 0 bridgehead atoms. The van der Waals surface area contributed by atoms with Gasteiger partial charge in [-0.25, -0.2) is 0 Å². The number of hydrogen-bond acceptors (Lipinski definition) is 3. The molecule has 140 valence electrons. The van der Waals surface area contributed by atoms with E-state index in [4.69, 9.17) is 0 Å². The number of hydrogen-bond donors (Lipinski definition) is 3. The lowest BCUT2D eigenvalue weighted by molar-refractivity contribution is 0.0714. The molecule has 4 nitrogen and oxygen atoms in total. The number of carbonyl (C=O) groups excluding carboxylic acids is 1. The van der Waals surface area contributed by atoms with Gasteiger partial charge >= 0.3 is 0 Å². The normalized spacial score (nSPS) is 12.7. The van der Waals surface area contributed by atoms with Crippen molar-refractivity contribution >= 4 is 5.91 Å². The fourth-order valence-electron chi connectivity index (χ4n) is 2.81. The van der Waals surface area contributed by atoms with Gasteiger partial charge in [0.2, 0.25) is 0 Å². The summed E-state index contributed by atoms with van der Waals surface area (Å²) < 4.78 is 0.